The molecule has 5 N–H and O–H groups in total. The van der Waals surface area contributed by atoms with Gasteiger partial charge in [0.2, 0.25) is 0 Å². The number of nitrogens with two attached hydrogens (primary N) is 1. The molecule has 0 aliphatic heterocycles. The fourth-order valence-electron chi connectivity index (χ4n) is 1.14. The van der Waals surface area contributed by atoms with Crippen LogP contribution >= 0.6 is 12.2 Å². The molecule has 0 aromatic heterocycles. The summed E-state index contributed by atoms with van der Waals surface area (Å²) in [4.78, 5) is 10.5. The summed E-state index contributed by atoms with van der Waals surface area (Å²) in [5.74, 6) is -0.994. The van der Waals surface area contributed by atoms with E-state index in [4.69, 9.17) is 10.8 Å². The molecule has 0 aliphatic rings. The molecule has 0 saturated carbocycles. The van der Waals surface area contributed by atoms with Crippen LogP contribution in [0.25, 0.3) is 0 Å². The number of phenolic OH excluding ortho intramolecular Hbond substituents is 1. The highest BCUT2D eigenvalue weighted by Crippen LogP contribution is 2.21. The molecule has 0 saturated heterocycles. The first-order chi connectivity index (χ1) is 6.99. The molecule has 0 radical (unpaired) electrons. The van der Waals surface area contributed by atoms with E-state index in [0.717, 1.165) is 0 Å². The molecule has 15 heavy (non-hydrogen) atoms. The van der Waals surface area contributed by atoms with Crippen LogP contribution in [0.5, 0.6) is 5.75 Å². The topological polar surface area (TPSA) is 95.6 Å². The number of carboxylic acids is 1. The molecule has 80 valence electrons. The van der Waals surface area contributed by atoms with E-state index in [0.29, 0.717) is 11.3 Å². The number of aliphatic carboxylic acids is 1. The number of rotatable bonds is 3. The average Bonchev–Trinajstić information content (AvgIpc) is 2.08. The smallest absolute Gasteiger partial charge is 0.307 e. The molecule has 5 nitrogen and oxygen atoms in total. The lowest BCUT2D eigenvalue weighted by Gasteiger charge is -2.09. The minimum atomic E-state index is -0.994. The second kappa shape index (κ2) is 4.61. The van der Waals surface area contributed by atoms with Crippen LogP contribution in [0.2, 0.25) is 0 Å². The Balaban J connectivity index is 3.02. The molecular weight excluding hydrogens is 216 g/mol. The molecule has 0 amide bonds. The van der Waals surface area contributed by atoms with Gasteiger partial charge in [-0.05, 0) is 36.0 Å². The third kappa shape index (κ3) is 3.43. The Morgan fingerprint density at radius 2 is 2.20 bits per heavy atom. The molecule has 0 atom stereocenters. The summed E-state index contributed by atoms with van der Waals surface area (Å²) in [6, 6.07) is 4.30. The Morgan fingerprint density at radius 3 is 2.73 bits per heavy atom. The Hall–Kier alpha value is -1.82. The van der Waals surface area contributed by atoms with E-state index in [-0.39, 0.29) is 17.3 Å². The number of thiocarbonyl (C=S) groups is 1. The van der Waals surface area contributed by atoms with Gasteiger partial charge in [-0.25, -0.2) is 0 Å². The van der Waals surface area contributed by atoms with Crippen molar-refractivity contribution in [2.24, 2.45) is 5.73 Å². The van der Waals surface area contributed by atoms with Crippen molar-refractivity contribution in [1.29, 1.82) is 0 Å². The van der Waals surface area contributed by atoms with Gasteiger partial charge in [-0.15, -0.1) is 0 Å². The van der Waals surface area contributed by atoms with Gasteiger partial charge in [0.25, 0.3) is 0 Å². The van der Waals surface area contributed by atoms with Crippen LogP contribution in [0.3, 0.4) is 0 Å². The van der Waals surface area contributed by atoms with Crippen molar-refractivity contribution in [2.75, 3.05) is 5.32 Å². The maximum atomic E-state index is 10.5. The first kappa shape index (κ1) is 11.3. The number of anilines is 1. The monoisotopic (exact) mass is 226 g/mol. The van der Waals surface area contributed by atoms with Gasteiger partial charge >= 0.3 is 5.97 Å². The van der Waals surface area contributed by atoms with Gasteiger partial charge in [0.1, 0.15) is 5.75 Å². The second-order valence-electron chi connectivity index (χ2n) is 2.90. The molecule has 6 heteroatoms. The zero-order chi connectivity index (χ0) is 11.4. The van der Waals surface area contributed by atoms with Crippen LogP contribution in [0, 0.1) is 0 Å². The molecule has 0 aliphatic carbocycles. The van der Waals surface area contributed by atoms with Gasteiger partial charge in [-0.2, -0.15) is 0 Å². The molecule has 1 rings (SSSR count). The number of carbonyl (C=O) groups is 1. The van der Waals surface area contributed by atoms with Crippen molar-refractivity contribution in [3.8, 4) is 5.75 Å². The lowest BCUT2D eigenvalue weighted by molar-refractivity contribution is -0.136. The van der Waals surface area contributed by atoms with Crippen molar-refractivity contribution in [3.05, 3.63) is 23.8 Å². The summed E-state index contributed by atoms with van der Waals surface area (Å²) in [6.07, 6.45) is -0.209. The first-order valence-electron chi connectivity index (χ1n) is 4.09. The summed E-state index contributed by atoms with van der Waals surface area (Å²) < 4.78 is 0. The van der Waals surface area contributed by atoms with Crippen LogP contribution in [0.15, 0.2) is 18.2 Å². The highest BCUT2D eigenvalue weighted by molar-refractivity contribution is 7.80. The van der Waals surface area contributed by atoms with Gasteiger partial charge in [-0.1, -0.05) is 0 Å². The van der Waals surface area contributed by atoms with Gasteiger partial charge in [-0.3, -0.25) is 4.79 Å². The minimum Gasteiger partial charge on any atom is -0.508 e. The third-order valence-corrected chi connectivity index (χ3v) is 1.79. The van der Waals surface area contributed by atoms with E-state index in [2.05, 4.69) is 17.5 Å². The molecule has 0 fully saturated rings. The lowest BCUT2D eigenvalue weighted by atomic mass is 10.1. The van der Waals surface area contributed by atoms with Crippen molar-refractivity contribution < 1.29 is 15.0 Å². The second-order valence-corrected chi connectivity index (χ2v) is 3.34. The molecule has 1 aromatic carbocycles. The number of aromatic hydroxyl groups is 1. The predicted molar refractivity (Wildman–Crippen MR) is 59.9 cm³/mol. The van der Waals surface area contributed by atoms with Crippen molar-refractivity contribution in [1.82, 2.24) is 0 Å². The van der Waals surface area contributed by atoms with E-state index in [1.165, 1.54) is 18.2 Å². The Kier molecular flexibility index (Phi) is 3.46. The van der Waals surface area contributed by atoms with Crippen molar-refractivity contribution in [3.63, 3.8) is 0 Å². The van der Waals surface area contributed by atoms with Gasteiger partial charge in [0.15, 0.2) is 5.11 Å². The Bertz CT molecular complexity index is 406. The maximum absolute atomic E-state index is 10.5. The molecule has 0 unspecified atom stereocenters. The summed E-state index contributed by atoms with van der Waals surface area (Å²) in [6.45, 7) is 0. The molecule has 1 aromatic rings. The summed E-state index contributed by atoms with van der Waals surface area (Å²) in [5.41, 5.74) is 6.19. The quantitative estimate of drug-likeness (QED) is 0.447. The zero-order valence-electron chi connectivity index (χ0n) is 7.73. The third-order valence-electron chi connectivity index (χ3n) is 1.69. The van der Waals surface area contributed by atoms with Crippen LogP contribution < -0.4 is 11.1 Å². The van der Waals surface area contributed by atoms with E-state index < -0.39 is 5.97 Å². The van der Waals surface area contributed by atoms with Crippen molar-refractivity contribution in [2.45, 2.75) is 6.42 Å². The molecular formula is C9H10N2O3S. The standard InChI is InChI=1S/C9H10N2O3S/c10-9(15)11-7-2-1-6(12)3-5(7)4-8(13)14/h1-3,12H,4H2,(H,13,14)(H3,10,11,15). The highest BCUT2D eigenvalue weighted by atomic mass is 32.1. The molecule has 0 heterocycles. The summed E-state index contributed by atoms with van der Waals surface area (Å²) in [5, 5.41) is 20.5. The lowest BCUT2D eigenvalue weighted by Crippen LogP contribution is -2.20. The van der Waals surface area contributed by atoms with E-state index in [9.17, 15) is 9.90 Å². The van der Waals surface area contributed by atoms with Gasteiger partial charge in [0, 0.05) is 5.69 Å². The van der Waals surface area contributed by atoms with E-state index in [1.54, 1.807) is 0 Å². The zero-order valence-corrected chi connectivity index (χ0v) is 8.54. The van der Waals surface area contributed by atoms with Crippen LogP contribution in [0.1, 0.15) is 5.56 Å². The van der Waals surface area contributed by atoms with Gasteiger partial charge in [0.05, 0.1) is 6.42 Å². The summed E-state index contributed by atoms with van der Waals surface area (Å²) in [7, 11) is 0. The molecule has 0 spiro atoms. The van der Waals surface area contributed by atoms with Gasteiger partial charge < -0.3 is 21.3 Å². The van der Waals surface area contributed by atoms with Crippen LogP contribution in [0.4, 0.5) is 5.69 Å². The van der Waals surface area contributed by atoms with E-state index in [1.807, 2.05) is 0 Å². The normalized spacial score (nSPS) is 9.60. The number of carboxylic acid groups (broad SMARTS) is 1. The number of benzene rings is 1. The number of hydrogen-bond acceptors (Lipinski definition) is 3. The largest absolute Gasteiger partial charge is 0.508 e. The molecule has 0 bridgehead atoms. The number of hydrogen-bond donors (Lipinski definition) is 4. The number of nitrogens with one attached hydrogen (secondary N) is 1. The Morgan fingerprint density at radius 1 is 1.53 bits per heavy atom. The van der Waals surface area contributed by atoms with E-state index >= 15 is 0 Å². The highest BCUT2D eigenvalue weighted by Gasteiger charge is 2.08. The summed E-state index contributed by atoms with van der Waals surface area (Å²) >= 11 is 4.64. The SMILES string of the molecule is NC(=S)Nc1ccc(O)cc1CC(=O)O. The fraction of sp³-hybridized carbons (Fsp3) is 0.111. The number of phenols is 1. The fourth-order valence-corrected chi connectivity index (χ4v) is 1.25. The van der Waals surface area contributed by atoms with Crippen LogP contribution in [-0.2, 0) is 11.2 Å². The van der Waals surface area contributed by atoms with Crippen LogP contribution in [-0.4, -0.2) is 21.3 Å². The van der Waals surface area contributed by atoms with Crippen molar-refractivity contribution >= 4 is 29.0 Å². The average molecular weight is 226 g/mol. The minimum absolute atomic E-state index is 0.000241. The Labute approximate surface area is 91.5 Å². The maximum Gasteiger partial charge on any atom is 0.307 e. The first-order valence-corrected chi connectivity index (χ1v) is 4.50. The predicted octanol–water partition coefficient (Wildman–Crippen LogP) is 0.675.